The Morgan fingerprint density at radius 3 is 2.21 bits per heavy atom. The van der Waals surface area contributed by atoms with Crippen molar-refractivity contribution in [3.05, 3.63) is 23.3 Å². The van der Waals surface area contributed by atoms with Gasteiger partial charge in [0.2, 0.25) is 0 Å². The van der Waals surface area contributed by atoms with Gasteiger partial charge in [0.15, 0.2) is 0 Å². The minimum atomic E-state index is 0.304. The Morgan fingerprint density at radius 1 is 1.00 bits per heavy atom. The zero-order valence-corrected chi connectivity index (χ0v) is 12.0. The molecule has 0 spiro atoms. The summed E-state index contributed by atoms with van der Waals surface area (Å²) >= 11 is 0. The van der Waals surface area contributed by atoms with Gasteiger partial charge in [-0.05, 0) is 49.3 Å². The first-order valence-corrected chi connectivity index (χ1v) is 7.77. The maximum Gasteiger partial charge on any atom is 0.123 e. The molecular formula is C17H26O2. The Hall–Kier alpha value is -1.18. The van der Waals surface area contributed by atoms with Crippen LogP contribution in [-0.4, -0.2) is 10.2 Å². The summed E-state index contributed by atoms with van der Waals surface area (Å²) in [7, 11) is 0. The minimum absolute atomic E-state index is 0.304. The number of phenolic OH excluding ortho intramolecular Hbond substituents is 2. The SMILES string of the molecule is CCCCCc1cc(O)c(C2CCCCC2)c(O)c1. The highest BCUT2D eigenvalue weighted by molar-refractivity contribution is 5.48. The number of hydrogen-bond acceptors (Lipinski definition) is 2. The lowest BCUT2D eigenvalue weighted by molar-refractivity contribution is 0.388. The van der Waals surface area contributed by atoms with Crippen molar-refractivity contribution in [1.29, 1.82) is 0 Å². The molecule has 2 heteroatoms. The van der Waals surface area contributed by atoms with E-state index in [4.69, 9.17) is 0 Å². The van der Waals surface area contributed by atoms with Crippen molar-refractivity contribution < 1.29 is 10.2 Å². The van der Waals surface area contributed by atoms with Gasteiger partial charge in [-0.1, -0.05) is 39.0 Å². The van der Waals surface area contributed by atoms with Gasteiger partial charge in [-0.3, -0.25) is 0 Å². The topological polar surface area (TPSA) is 40.5 Å². The third kappa shape index (κ3) is 3.65. The normalized spacial score (nSPS) is 16.7. The van der Waals surface area contributed by atoms with E-state index in [1.165, 1.54) is 32.1 Å². The van der Waals surface area contributed by atoms with E-state index in [-0.39, 0.29) is 0 Å². The lowest BCUT2D eigenvalue weighted by atomic mass is 9.82. The highest BCUT2D eigenvalue weighted by Crippen LogP contribution is 2.42. The lowest BCUT2D eigenvalue weighted by Gasteiger charge is -2.24. The van der Waals surface area contributed by atoms with E-state index in [9.17, 15) is 10.2 Å². The van der Waals surface area contributed by atoms with E-state index in [1.54, 1.807) is 0 Å². The van der Waals surface area contributed by atoms with Gasteiger partial charge in [0, 0.05) is 5.56 Å². The summed E-state index contributed by atoms with van der Waals surface area (Å²) in [5.41, 5.74) is 1.85. The Labute approximate surface area is 116 Å². The Bertz CT molecular complexity index is 383. The molecule has 19 heavy (non-hydrogen) atoms. The fraction of sp³-hybridized carbons (Fsp3) is 0.647. The van der Waals surface area contributed by atoms with Crippen LogP contribution in [0.25, 0.3) is 0 Å². The molecule has 0 aromatic heterocycles. The molecule has 106 valence electrons. The maximum absolute atomic E-state index is 10.2. The zero-order valence-electron chi connectivity index (χ0n) is 12.0. The van der Waals surface area contributed by atoms with E-state index >= 15 is 0 Å². The van der Waals surface area contributed by atoms with Crippen molar-refractivity contribution in [2.75, 3.05) is 0 Å². The quantitative estimate of drug-likeness (QED) is 0.743. The number of phenols is 2. The molecule has 1 aliphatic carbocycles. The Morgan fingerprint density at radius 2 is 1.63 bits per heavy atom. The van der Waals surface area contributed by atoms with Gasteiger partial charge in [-0.2, -0.15) is 0 Å². The van der Waals surface area contributed by atoms with Crippen molar-refractivity contribution >= 4 is 0 Å². The van der Waals surface area contributed by atoms with Crippen LogP contribution in [0.1, 0.15) is 75.3 Å². The van der Waals surface area contributed by atoms with Crippen LogP contribution < -0.4 is 0 Å². The van der Waals surface area contributed by atoms with Crippen LogP contribution in [0, 0.1) is 0 Å². The summed E-state index contributed by atoms with van der Waals surface area (Å²) in [4.78, 5) is 0. The minimum Gasteiger partial charge on any atom is -0.508 e. The van der Waals surface area contributed by atoms with Crippen molar-refractivity contribution in [2.45, 2.75) is 70.6 Å². The number of hydrogen-bond donors (Lipinski definition) is 2. The summed E-state index contributed by atoms with van der Waals surface area (Å²) < 4.78 is 0. The van der Waals surface area contributed by atoms with Crippen molar-refractivity contribution in [1.82, 2.24) is 0 Å². The van der Waals surface area contributed by atoms with Crippen LogP contribution in [-0.2, 0) is 6.42 Å². The largest absolute Gasteiger partial charge is 0.508 e. The molecule has 2 N–H and O–H groups in total. The highest BCUT2D eigenvalue weighted by Gasteiger charge is 2.22. The molecule has 1 aromatic carbocycles. The van der Waals surface area contributed by atoms with Crippen LogP contribution >= 0.6 is 0 Å². The molecule has 0 aliphatic heterocycles. The second-order valence-corrected chi connectivity index (χ2v) is 5.84. The molecule has 0 amide bonds. The highest BCUT2D eigenvalue weighted by atomic mass is 16.3. The van der Waals surface area contributed by atoms with Gasteiger partial charge in [-0.25, -0.2) is 0 Å². The Kier molecular flexibility index (Phi) is 5.12. The molecule has 0 atom stereocenters. The summed E-state index contributed by atoms with van der Waals surface area (Å²) in [6.07, 6.45) is 10.4. The summed E-state index contributed by atoms with van der Waals surface area (Å²) in [6, 6.07) is 3.72. The molecule has 2 rings (SSSR count). The van der Waals surface area contributed by atoms with E-state index in [0.29, 0.717) is 17.4 Å². The first kappa shape index (κ1) is 14.2. The molecule has 0 radical (unpaired) electrons. The fourth-order valence-corrected chi connectivity index (χ4v) is 3.21. The number of aryl methyl sites for hydroxylation is 1. The Balaban J connectivity index is 2.12. The van der Waals surface area contributed by atoms with Gasteiger partial charge in [-0.15, -0.1) is 0 Å². The lowest BCUT2D eigenvalue weighted by Crippen LogP contribution is -2.05. The van der Waals surface area contributed by atoms with Crippen LogP contribution in [0.5, 0.6) is 11.5 Å². The van der Waals surface area contributed by atoms with Crippen LogP contribution in [0.4, 0.5) is 0 Å². The standard InChI is InChI=1S/C17H26O2/c1-2-3-5-8-13-11-15(18)17(16(19)12-13)14-9-6-4-7-10-14/h11-12,14,18-19H,2-10H2,1H3. The molecule has 1 aromatic rings. The number of aromatic hydroxyl groups is 2. The predicted octanol–water partition coefficient (Wildman–Crippen LogP) is 4.88. The van der Waals surface area contributed by atoms with E-state index < -0.39 is 0 Å². The predicted molar refractivity (Wildman–Crippen MR) is 78.8 cm³/mol. The maximum atomic E-state index is 10.2. The van der Waals surface area contributed by atoms with Gasteiger partial charge in [0.1, 0.15) is 11.5 Å². The second-order valence-electron chi connectivity index (χ2n) is 5.84. The molecule has 0 saturated heterocycles. The average molecular weight is 262 g/mol. The smallest absolute Gasteiger partial charge is 0.123 e. The summed E-state index contributed by atoms with van der Waals surface area (Å²) in [6.45, 7) is 2.18. The number of unbranched alkanes of at least 4 members (excludes halogenated alkanes) is 2. The van der Waals surface area contributed by atoms with Crippen molar-refractivity contribution in [3.8, 4) is 11.5 Å². The second kappa shape index (κ2) is 6.83. The van der Waals surface area contributed by atoms with Crippen LogP contribution in [0.2, 0.25) is 0 Å². The number of rotatable bonds is 5. The van der Waals surface area contributed by atoms with Gasteiger partial charge in [0.25, 0.3) is 0 Å². The molecule has 0 heterocycles. The summed E-state index contributed by atoms with van der Waals surface area (Å²) in [5.74, 6) is 0.954. The third-order valence-corrected chi connectivity index (χ3v) is 4.28. The van der Waals surface area contributed by atoms with Gasteiger partial charge < -0.3 is 10.2 Å². The molecular weight excluding hydrogens is 236 g/mol. The molecule has 2 nitrogen and oxygen atoms in total. The first-order valence-electron chi connectivity index (χ1n) is 7.77. The van der Waals surface area contributed by atoms with Crippen molar-refractivity contribution in [2.24, 2.45) is 0 Å². The molecule has 1 aliphatic rings. The van der Waals surface area contributed by atoms with Crippen LogP contribution in [0.3, 0.4) is 0 Å². The zero-order chi connectivity index (χ0) is 13.7. The van der Waals surface area contributed by atoms with Gasteiger partial charge in [0.05, 0.1) is 0 Å². The van der Waals surface area contributed by atoms with Crippen molar-refractivity contribution in [3.63, 3.8) is 0 Å². The third-order valence-electron chi connectivity index (χ3n) is 4.28. The average Bonchev–Trinajstić information content (AvgIpc) is 2.39. The molecule has 0 bridgehead atoms. The van der Waals surface area contributed by atoms with E-state index in [0.717, 1.165) is 36.8 Å². The first-order chi connectivity index (χ1) is 9.22. The van der Waals surface area contributed by atoms with E-state index in [2.05, 4.69) is 6.92 Å². The fourth-order valence-electron chi connectivity index (χ4n) is 3.21. The molecule has 0 unspecified atom stereocenters. The van der Waals surface area contributed by atoms with E-state index in [1.807, 2.05) is 12.1 Å². The van der Waals surface area contributed by atoms with Gasteiger partial charge >= 0.3 is 0 Å². The van der Waals surface area contributed by atoms with Crippen LogP contribution in [0.15, 0.2) is 12.1 Å². The molecule has 1 fully saturated rings. The molecule has 1 saturated carbocycles. The number of benzene rings is 1. The monoisotopic (exact) mass is 262 g/mol. The summed E-state index contributed by atoms with van der Waals surface area (Å²) in [5, 5.41) is 20.4.